The summed E-state index contributed by atoms with van der Waals surface area (Å²) in [6.45, 7) is 0.497. The van der Waals surface area contributed by atoms with E-state index in [1.165, 1.54) is 12.1 Å². The Bertz CT molecular complexity index is 998. The van der Waals surface area contributed by atoms with Crippen LogP contribution in [0.3, 0.4) is 0 Å². The van der Waals surface area contributed by atoms with Crippen LogP contribution in [-0.4, -0.2) is 21.6 Å². The number of nitrogens with one attached hydrogen (secondary N) is 1. The second-order valence-corrected chi connectivity index (χ2v) is 5.68. The monoisotopic (exact) mass is 349 g/mol. The molecule has 4 rings (SSSR count). The number of ether oxygens (including phenoxy) is 2. The molecule has 1 N–H and O–H groups in total. The summed E-state index contributed by atoms with van der Waals surface area (Å²) >= 11 is 0. The average molecular weight is 349 g/mol. The molecule has 2 aromatic carbocycles. The van der Waals surface area contributed by atoms with Gasteiger partial charge in [-0.3, -0.25) is 4.98 Å². The Morgan fingerprint density at radius 3 is 2.31 bits per heavy atom. The number of fused-ring (bicyclic) bond motifs is 1. The van der Waals surface area contributed by atoms with E-state index in [4.69, 9.17) is 9.47 Å². The number of pyridine rings is 1. The molecule has 0 amide bonds. The number of hydrogen-bond donors (Lipinski definition) is 1. The van der Waals surface area contributed by atoms with Crippen LogP contribution in [0.15, 0.2) is 67.1 Å². The van der Waals surface area contributed by atoms with Crippen molar-refractivity contribution in [1.82, 2.24) is 15.0 Å². The number of nitrogens with zero attached hydrogens (tertiary/aromatic N) is 2. The van der Waals surface area contributed by atoms with Crippen LogP contribution in [0.1, 0.15) is 5.69 Å². The van der Waals surface area contributed by atoms with Crippen LogP contribution in [0.4, 0.5) is 4.39 Å². The SMILES string of the molecule is Fc1ccc(Oc2ccc(OCCc3nccc4[nH]cnc34)cc2)cc1. The zero-order chi connectivity index (χ0) is 17.8. The van der Waals surface area contributed by atoms with Crippen molar-refractivity contribution >= 4 is 11.0 Å². The van der Waals surface area contributed by atoms with Gasteiger partial charge in [-0.15, -0.1) is 0 Å². The molecule has 0 fully saturated rings. The van der Waals surface area contributed by atoms with E-state index in [0.717, 1.165) is 22.5 Å². The highest BCUT2D eigenvalue weighted by molar-refractivity contribution is 5.76. The van der Waals surface area contributed by atoms with E-state index >= 15 is 0 Å². The third-order valence-corrected chi connectivity index (χ3v) is 3.89. The molecule has 0 radical (unpaired) electrons. The molecule has 0 unspecified atom stereocenters. The zero-order valence-electron chi connectivity index (χ0n) is 13.9. The summed E-state index contributed by atoms with van der Waals surface area (Å²) in [7, 11) is 0. The van der Waals surface area contributed by atoms with Crippen molar-refractivity contribution in [3.8, 4) is 17.2 Å². The van der Waals surface area contributed by atoms with Gasteiger partial charge >= 0.3 is 0 Å². The quantitative estimate of drug-likeness (QED) is 0.556. The smallest absolute Gasteiger partial charge is 0.127 e. The summed E-state index contributed by atoms with van der Waals surface area (Å²) in [5.41, 5.74) is 2.75. The maximum atomic E-state index is 12.9. The molecule has 0 saturated heterocycles. The van der Waals surface area contributed by atoms with E-state index in [-0.39, 0.29) is 5.82 Å². The van der Waals surface area contributed by atoms with Crippen LogP contribution in [0, 0.1) is 5.82 Å². The van der Waals surface area contributed by atoms with Crippen molar-refractivity contribution < 1.29 is 13.9 Å². The first-order valence-electron chi connectivity index (χ1n) is 8.21. The summed E-state index contributed by atoms with van der Waals surface area (Å²) < 4.78 is 24.3. The second-order valence-electron chi connectivity index (χ2n) is 5.68. The molecule has 0 aliphatic rings. The fraction of sp³-hybridized carbons (Fsp3) is 0.100. The van der Waals surface area contributed by atoms with Crippen LogP contribution in [0.25, 0.3) is 11.0 Å². The summed E-state index contributed by atoms with van der Waals surface area (Å²) in [6.07, 6.45) is 4.09. The molecule has 26 heavy (non-hydrogen) atoms. The topological polar surface area (TPSA) is 60.0 Å². The molecule has 5 nitrogen and oxygen atoms in total. The minimum Gasteiger partial charge on any atom is -0.493 e. The number of rotatable bonds is 6. The molecule has 0 aliphatic heterocycles. The number of halogens is 1. The fourth-order valence-electron chi connectivity index (χ4n) is 2.62. The van der Waals surface area contributed by atoms with Gasteiger partial charge in [0.05, 0.1) is 24.1 Å². The Morgan fingerprint density at radius 2 is 1.54 bits per heavy atom. The first kappa shape index (κ1) is 16.1. The molecule has 0 spiro atoms. The van der Waals surface area contributed by atoms with Crippen LogP contribution in [0.5, 0.6) is 17.2 Å². The van der Waals surface area contributed by atoms with Gasteiger partial charge in [0.25, 0.3) is 0 Å². The summed E-state index contributed by atoms with van der Waals surface area (Å²) in [5.74, 6) is 1.69. The maximum Gasteiger partial charge on any atom is 0.127 e. The van der Waals surface area contributed by atoms with Gasteiger partial charge in [-0.25, -0.2) is 9.37 Å². The van der Waals surface area contributed by atoms with Crippen LogP contribution in [0.2, 0.25) is 0 Å². The molecule has 2 aromatic heterocycles. The molecule has 6 heteroatoms. The molecule has 0 aliphatic carbocycles. The molecule has 130 valence electrons. The Kier molecular flexibility index (Phi) is 4.47. The Balaban J connectivity index is 1.34. The third kappa shape index (κ3) is 3.64. The van der Waals surface area contributed by atoms with Crippen molar-refractivity contribution in [1.29, 1.82) is 0 Å². The van der Waals surface area contributed by atoms with Crippen molar-refractivity contribution in [2.24, 2.45) is 0 Å². The van der Waals surface area contributed by atoms with Crippen molar-refractivity contribution in [2.75, 3.05) is 6.61 Å². The summed E-state index contributed by atoms with van der Waals surface area (Å²) in [5, 5.41) is 0. The Labute approximate surface area is 149 Å². The highest BCUT2D eigenvalue weighted by atomic mass is 19.1. The number of H-pyrrole nitrogens is 1. The first-order chi connectivity index (χ1) is 12.8. The van der Waals surface area contributed by atoms with E-state index in [9.17, 15) is 4.39 Å². The second kappa shape index (κ2) is 7.23. The number of imidazole rings is 1. The normalized spacial score (nSPS) is 10.8. The molecule has 4 aromatic rings. The lowest BCUT2D eigenvalue weighted by molar-refractivity contribution is 0.320. The first-order valence-corrected chi connectivity index (χ1v) is 8.21. The van der Waals surface area contributed by atoms with E-state index in [0.29, 0.717) is 24.5 Å². The van der Waals surface area contributed by atoms with E-state index < -0.39 is 0 Å². The van der Waals surface area contributed by atoms with Gasteiger partial charge in [0.15, 0.2) is 0 Å². The van der Waals surface area contributed by atoms with Crippen LogP contribution < -0.4 is 9.47 Å². The lowest BCUT2D eigenvalue weighted by Crippen LogP contribution is -2.03. The molecule has 2 heterocycles. The number of benzene rings is 2. The average Bonchev–Trinajstić information content (AvgIpc) is 3.15. The molecular formula is C20H16FN3O2. The molecular weight excluding hydrogens is 333 g/mol. The number of aromatic nitrogens is 3. The van der Waals surface area contributed by atoms with Gasteiger partial charge in [0.1, 0.15) is 28.6 Å². The summed E-state index contributed by atoms with van der Waals surface area (Å²) in [4.78, 5) is 11.7. The van der Waals surface area contributed by atoms with Crippen molar-refractivity contribution in [2.45, 2.75) is 6.42 Å². The Morgan fingerprint density at radius 1 is 0.846 bits per heavy atom. The number of hydrogen-bond acceptors (Lipinski definition) is 4. The molecule has 0 atom stereocenters. The lowest BCUT2D eigenvalue weighted by atomic mass is 10.2. The third-order valence-electron chi connectivity index (χ3n) is 3.89. The Hall–Kier alpha value is -3.41. The largest absolute Gasteiger partial charge is 0.493 e. The van der Waals surface area contributed by atoms with E-state index in [1.807, 2.05) is 30.3 Å². The lowest BCUT2D eigenvalue weighted by Gasteiger charge is -2.08. The standard InChI is InChI=1S/C20H16FN3O2/c21-14-1-3-16(4-2-14)26-17-7-5-15(6-8-17)25-12-10-19-20-18(9-11-22-19)23-13-24-20/h1-9,11,13H,10,12H2,(H,23,24). The van der Waals surface area contributed by atoms with Crippen molar-refractivity contribution in [3.05, 3.63) is 78.6 Å². The van der Waals surface area contributed by atoms with Gasteiger partial charge in [0.2, 0.25) is 0 Å². The van der Waals surface area contributed by atoms with Gasteiger partial charge in [-0.1, -0.05) is 0 Å². The zero-order valence-corrected chi connectivity index (χ0v) is 13.9. The van der Waals surface area contributed by atoms with Crippen molar-refractivity contribution in [3.63, 3.8) is 0 Å². The highest BCUT2D eigenvalue weighted by Crippen LogP contribution is 2.24. The van der Waals surface area contributed by atoms with E-state index in [1.54, 1.807) is 24.7 Å². The minimum atomic E-state index is -0.291. The van der Waals surface area contributed by atoms with Gasteiger partial charge in [-0.05, 0) is 54.6 Å². The predicted molar refractivity (Wildman–Crippen MR) is 96.0 cm³/mol. The van der Waals surface area contributed by atoms with Gasteiger partial charge in [-0.2, -0.15) is 0 Å². The van der Waals surface area contributed by atoms with Gasteiger partial charge in [0, 0.05) is 12.6 Å². The van der Waals surface area contributed by atoms with Crippen LogP contribution in [-0.2, 0) is 6.42 Å². The van der Waals surface area contributed by atoms with Gasteiger partial charge < -0.3 is 14.5 Å². The maximum absolute atomic E-state index is 12.9. The fourth-order valence-corrected chi connectivity index (χ4v) is 2.62. The predicted octanol–water partition coefficient (Wildman–Crippen LogP) is 4.51. The van der Waals surface area contributed by atoms with E-state index in [2.05, 4.69) is 15.0 Å². The minimum absolute atomic E-state index is 0.291. The highest BCUT2D eigenvalue weighted by Gasteiger charge is 2.05. The summed E-state index contributed by atoms with van der Waals surface area (Å²) in [6, 6.07) is 15.1. The molecule has 0 bridgehead atoms. The molecule has 0 saturated carbocycles. The van der Waals surface area contributed by atoms with Crippen LogP contribution >= 0.6 is 0 Å². The number of aromatic amines is 1.